The van der Waals surface area contributed by atoms with E-state index in [9.17, 15) is 5.11 Å². The summed E-state index contributed by atoms with van der Waals surface area (Å²) in [6.45, 7) is 0. The normalized spacial score (nSPS) is 13.0. The van der Waals surface area contributed by atoms with Crippen molar-refractivity contribution < 1.29 is 9.84 Å². The van der Waals surface area contributed by atoms with Gasteiger partial charge in [-0.05, 0) is 12.1 Å². The lowest BCUT2D eigenvalue weighted by atomic mass is 10.3. The number of imidazole rings is 1. The fourth-order valence-corrected chi connectivity index (χ4v) is 2.69. The van der Waals surface area contributed by atoms with E-state index in [1.165, 1.54) is 7.11 Å². The molecule has 2 heterocycles. The van der Waals surface area contributed by atoms with Crippen LogP contribution >= 0.6 is 11.3 Å². The highest BCUT2D eigenvalue weighted by Crippen LogP contribution is 2.26. The zero-order valence-electron chi connectivity index (χ0n) is 9.65. The number of fused-ring (bicyclic) bond motifs is 1. The minimum atomic E-state index is -1.00. The van der Waals surface area contributed by atoms with E-state index in [4.69, 9.17) is 4.74 Å². The second kappa shape index (κ2) is 4.49. The predicted molar refractivity (Wildman–Crippen MR) is 68.7 cm³/mol. The van der Waals surface area contributed by atoms with Crippen LogP contribution in [0.2, 0.25) is 0 Å². The SMILES string of the molecule is COC(O)c1cncn1-c1nc2ccccc2s1. The van der Waals surface area contributed by atoms with Crippen LogP contribution in [0.3, 0.4) is 0 Å². The predicted octanol–water partition coefficient (Wildman–Crippen LogP) is 2.12. The van der Waals surface area contributed by atoms with Gasteiger partial charge in [0.25, 0.3) is 0 Å². The van der Waals surface area contributed by atoms with Crippen molar-refractivity contribution in [1.29, 1.82) is 0 Å². The monoisotopic (exact) mass is 261 g/mol. The first-order valence-electron chi connectivity index (χ1n) is 5.38. The number of rotatable bonds is 3. The van der Waals surface area contributed by atoms with Crippen LogP contribution in [-0.2, 0) is 4.74 Å². The Bertz CT molecular complexity index is 644. The summed E-state index contributed by atoms with van der Waals surface area (Å²) in [6.07, 6.45) is 2.19. The summed E-state index contributed by atoms with van der Waals surface area (Å²) in [5.41, 5.74) is 1.50. The summed E-state index contributed by atoms with van der Waals surface area (Å²) in [6, 6.07) is 7.90. The molecule has 18 heavy (non-hydrogen) atoms. The van der Waals surface area contributed by atoms with Gasteiger partial charge < -0.3 is 9.84 Å². The Hall–Kier alpha value is -1.76. The highest BCUT2D eigenvalue weighted by Gasteiger charge is 2.15. The Kier molecular flexibility index (Phi) is 2.83. The molecule has 1 aromatic carbocycles. The summed E-state index contributed by atoms with van der Waals surface area (Å²) in [5.74, 6) is 0. The van der Waals surface area contributed by atoms with Crippen LogP contribution < -0.4 is 0 Å². The number of aromatic nitrogens is 3. The average Bonchev–Trinajstić information content (AvgIpc) is 3.03. The largest absolute Gasteiger partial charge is 0.363 e. The van der Waals surface area contributed by atoms with E-state index in [0.717, 1.165) is 15.3 Å². The third kappa shape index (κ3) is 1.80. The molecule has 0 aliphatic heterocycles. The van der Waals surface area contributed by atoms with Gasteiger partial charge in [-0.2, -0.15) is 0 Å². The zero-order valence-corrected chi connectivity index (χ0v) is 10.5. The molecule has 0 saturated heterocycles. The van der Waals surface area contributed by atoms with Gasteiger partial charge in [0.05, 0.1) is 16.4 Å². The third-order valence-corrected chi connectivity index (χ3v) is 3.67. The molecule has 0 spiro atoms. The molecule has 1 atom stereocenters. The molecule has 6 heteroatoms. The van der Waals surface area contributed by atoms with Crippen LogP contribution in [0.15, 0.2) is 36.8 Å². The van der Waals surface area contributed by atoms with E-state index in [2.05, 4.69) is 9.97 Å². The summed E-state index contributed by atoms with van der Waals surface area (Å²) < 4.78 is 7.73. The summed E-state index contributed by atoms with van der Waals surface area (Å²) in [5, 5.41) is 10.5. The van der Waals surface area contributed by atoms with Crippen molar-refractivity contribution >= 4 is 21.6 Å². The topological polar surface area (TPSA) is 60.2 Å². The van der Waals surface area contributed by atoms with Crippen molar-refractivity contribution in [3.63, 3.8) is 0 Å². The van der Waals surface area contributed by atoms with Crippen molar-refractivity contribution in [3.05, 3.63) is 42.5 Å². The van der Waals surface area contributed by atoms with Gasteiger partial charge in [-0.15, -0.1) is 0 Å². The third-order valence-electron chi connectivity index (χ3n) is 2.63. The Balaban J connectivity index is 2.12. The molecule has 0 saturated carbocycles. The number of aliphatic hydroxyl groups excluding tert-OH is 1. The molecule has 0 bridgehead atoms. The molecule has 0 aliphatic rings. The number of thiazole rings is 1. The number of benzene rings is 1. The maximum atomic E-state index is 9.73. The van der Waals surface area contributed by atoms with Crippen LogP contribution in [-0.4, -0.2) is 26.8 Å². The van der Waals surface area contributed by atoms with Gasteiger partial charge in [-0.25, -0.2) is 9.97 Å². The number of hydrogen-bond donors (Lipinski definition) is 1. The van der Waals surface area contributed by atoms with E-state index in [1.807, 2.05) is 24.3 Å². The van der Waals surface area contributed by atoms with Gasteiger partial charge >= 0.3 is 0 Å². The highest BCUT2D eigenvalue weighted by molar-refractivity contribution is 7.20. The first kappa shape index (κ1) is 11.3. The molecule has 0 fully saturated rings. The second-order valence-corrected chi connectivity index (χ2v) is 4.75. The standard InChI is InChI=1S/C12H11N3O2S/c1-17-11(16)9-6-13-7-15(9)12-14-8-4-2-3-5-10(8)18-12/h2-7,11,16H,1H3. The van der Waals surface area contributed by atoms with Crippen molar-refractivity contribution in [2.75, 3.05) is 7.11 Å². The van der Waals surface area contributed by atoms with Gasteiger partial charge in [-0.3, -0.25) is 4.57 Å². The van der Waals surface area contributed by atoms with Crippen molar-refractivity contribution in [3.8, 4) is 5.13 Å². The van der Waals surface area contributed by atoms with Crippen molar-refractivity contribution in [1.82, 2.24) is 14.5 Å². The summed E-state index contributed by atoms with van der Waals surface area (Å²) in [4.78, 5) is 8.53. The number of ether oxygens (including phenoxy) is 1. The molecular formula is C12H11N3O2S. The lowest BCUT2D eigenvalue weighted by Gasteiger charge is -2.09. The van der Waals surface area contributed by atoms with Crippen LogP contribution in [0.25, 0.3) is 15.3 Å². The first-order chi connectivity index (χ1) is 8.79. The molecule has 1 unspecified atom stereocenters. The molecule has 3 rings (SSSR count). The lowest BCUT2D eigenvalue weighted by molar-refractivity contribution is -0.0808. The van der Waals surface area contributed by atoms with Crippen molar-refractivity contribution in [2.24, 2.45) is 0 Å². The fraction of sp³-hybridized carbons (Fsp3) is 0.167. The maximum absolute atomic E-state index is 9.73. The summed E-state index contributed by atoms with van der Waals surface area (Å²) in [7, 11) is 1.44. The molecule has 2 aromatic heterocycles. The van der Waals surface area contributed by atoms with Gasteiger partial charge in [0.1, 0.15) is 12.0 Å². The smallest absolute Gasteiger partial charge is 0.198 e. The first-order valence-corrected chi connectivity index (χ1v) is 6.20. The van der Waals surface area contributed by atoms with E-state index in [1.54, 1.807) is 28.4 Å². The molecule has 0 radical (unpaired) electrons. The maximum Gasteiger partial charge on any atom is 0.198 e. The van der Waals surface area contributed by atoms with E-state index >= 15 is 0 Å². The minimum Gasteiger partial charge on any atom is -0.363 e. The van der Waals surface area contributed by atoms with Crippen molar-refractivity contribution in [2.45, 2.75) is 6.29 Å². The number of nitrogens with zero attached hydrogens (tertiary/aromatic N) is 3. The Morgan fingerprint density at radius 1 is 1.39 bits per heavy atom. The number of methoxy groups -OCH3 is 1. The second-order valence-electron chi connectivity index (χ2n) is 3.74. The zero-order chi connectivity index (χ0) is 12.5. The molecule has 5 nitrogen and oxygen atoms in total. The minimum absolute atomic E-state index is 0.566. The van der Waals surface area contributed by atoms with Gasteiger partial charge in [0.2, 0.25) is 0 Å². The van der Waals surface area contributed by atoms with E-state index < -0.39 is 6.29 Å². The molecule has 3 aromatic rings. The highest BCUT2D eigenvalue weighted by atomic mass is 32.1. The Morgan fingerprint density at radius 3 is 3.00 bits per heavy atom. The molecule has 0 aliphatic carbocycles. The Morgan fingerprint density at radius 2 is 2.22 bits per heavy atom. The van der Waals surface area contributed by atoms with Gasteiger partial charge in [0, 0.05) is 7.11 Å². The molecular weight excluding hydrogens is 250 g/mol. The van der Waals surface area contributed by atoms with E-state index in [0.29, 0.717) is 5.69 Å². The molecule has 92 valence electrons. The lowest BCUT2D eigenvalue weighted by Crippen LogP contribution is -2.06. The number of hydrogen-bond acceptors (Lipinski definition) is 5. The van der Waals surface area contributed by atoms with Crippen LogP contribution in [0.5, 0.6) is 0 Å². The summed E-state index contributed by atoms with van der Waals surface area (Å²) >= 11 is 1.54. The van der Waals surface area contributed by atoms with Crippen LogP contribution in [0.1, 0.15) is 12.0 Å². The van der Waals surface area contributed by atoms with Crippen LogP contribution in [0, 0.1) is 0 Å². The average molecular weight is 261 g/mol. The van der Waals surface area contributed by atoms with Crippen LogP contribution in [0.4, 0.5) is 0 Å². The quantitative estimate of drug-likeness (QED) is 0.734. The van der Waals surface area contributed by atoms with E-state index in [-0.39, 0.29) is 0 Å². The number of para-hydroxylation sites is 1. The Labute approximate surface area is 107 Å². The molecule has 1 N–H and O–H groups in total. The van der Waals surface area contributed by atoms with Gasteiger partial charge in [0.15, 0.2) is 11.4 Å². The molecule has 0 amide bonds. The number of aliphatic hydroxyl groups is 1. The fourth-order valence-electron chi connectivity index (χ4n) is 1.73. The van der Waals surface area contributed by atoms with Gasteiger partial charge in [-0.1, -0.05) is 23.5 Å².